The predicted octanol–water partition coefficient (Wildman–Crippen LogP) is 6.66. The van der Waals surface area contributed by atoms with E-state index in [2.05, 4.69) is 4.98 Å². The van der Waals surface area contributed by atoms with Gasteiger partial charge in [0.25, 0.3) is 5.69 Å². The van der Waals surface area contributed by atoms with Crippen molar-refractivity contribution in [3.8, 4) is 11.3 Å². The third kappa shape index (κ3) is 3.88. The number of carbonyl (C=O) groups is 1. The number of hydrogen-bond acceptors (Lipinski definition) is 5. The molecular weight excluding hydrogens is 488 g/mol. The Balaban J connectivity index is 1.84. The molecule has 0 aliphatic carbocycles. The molecule has 4 aromatic carbocycles. The molecule has 0 aliphatic rings. The molecule has 0 radical (unpaired) electrons. The SMILES string of the molecule is O=Cc1cc2c(-c3ccncc3)nn(C(c3ccccc3)(c3ccccc3)c3ccccc3)c2cc1[N+](=O)[O-]. The zero-order valence-corrected chi connectivity index (χ0v) is 20.7. The average Bonchev–Trinajstić information content (AvgIpc) is 3.38. The molecule has 2 aromatic heterocycles. The molecule has 39 heavy (non-hydrogen) atoms. The predicted molar refractivity (Wildman–Crippen MR) is 150 cm³/mol. The molecule has 7 heteroatoms. The lowest BCUT2D eigenvalue weighted by atomic mass is 9.77. The minimum atomic E-state index is -0.996. The highest BCUT2D eigenvalue weighted by Crippen LogP contribution is 2.44. The van der Waals surface area contributed by atoms with Crippen LogP contribution in [0.4, 0.5) is 5.69 Å². The lowest BCUT2D eigenvalue weighted by Gasteiger charge is -2.37. The summed E-state index contributed by atoms with van der Waals surface area (Å²) in [5.41, 5.74) is 3.40. The van der Waals surface area contributed by atoms with Gasteiger partial charge in [-0.15, -0.1) is 0 Å². The molecule has 0 saturated carbocycles. The lowest BCUT2D eigenvalue weighted by molar-refractivity contribution is -0.384. The minimum absolute atomic E-state index is 0.00732. The molecule has 0 fully saturated rings. The van der Waals surface area contributed by atoms with Gasteiger partial charge in [-0.05, 0) is 34.9 Å². The van der Waals surface area contributed by atoms with Crippen LogP contribution in [0.25, 0.3) is 22.2 Å². The largest absolute Gasteiger partial charge is 0.298 e. The van der Waals surface area contributed by atoms with E-state index in [-0.39, 0.29) is 11.3 Å². The van der Waals surface area contributed by atoms with Crippen molar-refractivity contribution in [3.05, 3.63) is 160 Å². The summed E-state index contributed by atoms with van der Waals surface area (Å²) < 4.78 is 1.86. The molecule has 7 nitrogen and oxygen atoms in total. The summed E-state index contributed by atoms with van der Waals surface area (Å²) in [6.07, 6.45) is 3.86. The number of fused-ring (bicyclic) bond motifs is 1. The quantitative estimate of drug-likeness (QED) is 0.104. The number of pyridine rings is 1. The number of aldehydes is 1. The Bertz CT molecular complexity index is 1690. The maximum absolute atomic E-state index is 12.1. The van der Waals surface area contributed by atoms with E-state index in [0.717, 1.165) is 22.3 Å². The van der Waals surface area contributed by atoms with E-state index in [1.165, 1.54) is 6.07 Å². The number of carbonyl (C=O) groups excluding carboxylic acids is 1. The lowest BCUT2D eigenvalue weighted by Crippen LogP contribution is -2.38. The van der Waals surface area contributed by atoms with Crippen LogP contribution in [0, 0.1) is 10.1 Å². The summed E-state index contributed by atoms with van der Waals surface area (Å²) in [5, 5.41) is 17.9. The van der Waals surface area contributed by atoms with Crippen LogP contribution in [0.1, 0.15) is 27.0 Å². The highest BCUT2D eigenvalue weighted by molar-refractivity contribution is 6.00. The Hall–Kier alpha value is -5.43. The van der Waals surface area contributed by atoms with E-state index in [4.69, 9.17) is 5.10 Å². The van der Waals surface area contributed by atoms with Gasteiger partial charge in [0, 0.05) is 29.4 Å². The van der Waals surface area contributed by atoms with Crippen molar-refractivity contribution in [2.75, 3.05) is 0 Å². The molecule has 6 aromatic rings. The number of nitrogens with zero attached hydrogens (tertiary/aromatic N) is 4. The van der Waals surface area contributed by atoms with Crippen molar-refractivity contribution in [3.63, 3.8) is 0 Å². The van der Waals surface area contributed by atoms with Crippen LogP contribution in [0.5, 0.6) is 0 Å². The third-order valence-electron chi connectivity index (χ3n) is 7.00. The molecule has 0 unspecified atom stereocenters. The first kappa shape index (κ1) is 23.9. The first-order chi connectivity index (χ1) is 19.1. The summed E-state index contributed by atoms with van der Waals surface area (Å²) in [6, 6.07) is 36.6. The maximum Gasteiger partial charge on any atom is 0.282 e. The van der Waals surface area contributed by atoms with Crippen LogP contribution in [-0.2, 0) is 5.54 Å². The Morgan fingerprint density at radius 1 is 0.744 bits per heavy atom. The second-order valence-electron chi connectivity index (χ2n) is 9.11. The van der Waals surface area contributed by atoms with Gasteiger partial charge < -0.3 is 0 Å². The van der Waals surface area contributed by atoms with Gasteiger partial charge in [-0.1, -0.05) is 91.0 Å². The number of nitro groups is 1. The fourth-order valence-electron chi connectivity index (χ4n) is 5.30. The van der Waals surface area contributed by atoms with E-state index >= 15 is 0 Å². The van der Waals surface area contributed by atoms with Crippen LogP contribution in [0.2, 0.25) is 0 Å². The smallest absolute Gasteiger partial charge is 0.282 e. The number of benzene rings is 4. The van der Waals surface area contributed by atoms with Crippen molar-refractivity contribution in [2.24, 2.45) is 0 Å². The Kier molecular flexibility index (Phi) is 6.01. The van der Waals surface area contributed by atoms with Crippen molar-refractivity contribution >= 4 is 22.9 Å². The van der Waals surface area contributed by atoms with Gasteiger partial charge in [0.1, 0.15) is 11.2 Å². The van der Waals surface area contributed by atoms with Gasteiger partial charge in [-0.3, -0.25) is 19.9 Å². The van der Waals surface area contributed by atoms with Crippen molar-refractivity contribution in [1.82, 2.24) is 14.8 Å². The van der Waals surface area contributed by atoms with Gasteiger partial charge in [-0.2, -0.15) is 5.10 Å². The fourth-order valence-corrected chi connectivity index (χ4v) is 5.30. The van der Waals surface area contributed by atoms with Crippen LogP contribution < -0.4 is 0 Å². The van der Waals surface area contributed by atoms with Crippen LogP contribution in [0.15, 0.2) is 128 Å². The topological polar surface area (TPSA) is 90.9 Å². The molecule has 6 rings (SSSR count). The van der Waals surface area contributed by atoms with Crippen molar-refractivity contribution < 1.29 is 9.72 Å². The molecule has 0 atom stereocenters. The highest BCUT2D eigenvalue weighted by atomic mass is 16.6. The van der Waals surface area contributed by atoms with Gasteiger partial charge in [-0.25, -0.2) is 4.68 Å². The summed E-state index contributed by atoms with van der Waals surface area (Å²) in [4.78, 5) is 27.6. The van der Waals surface area contributed by atoms with Gasteiger partial charge in [0.2, 0.25) is 0 Å². The molecular formula is C32H22N4O3. The molecule has 0 saturated heterocycles. The standard InChI is InChI=1S/C32H22N4O3/c37-22-24-20-28-30(21-29(24)36(38)39)35(34-31(28)23-16-18-33-19-17-23)32(25-10-4-1-5-11-25,26-12-6-2-7-13-26)27-14-8-3-9-15-27/h1-22H. The zero-order valence-electron chi connectivity index (χ0n) is 20.7. The number of rotatable bonds is 7. The Labute approximate surface area is 224 Å². The molecule has 0 amide bonds. The first-order valence-corrected chi connectivity index (χ1v) is 12.4. The van der Waals surface area contributed by atoms with Crippen molar-refractivity contribution in [1.29, 1.82) is 0 Å². The summed E-state index contributed by atoms with van der Waals surface area (Å²) in [7, 11) is 0. The van der Waals surface area contributed by atoms with Crippen LogP contribution >= 0.6 is 0 Å². The first-order valence-electron chi connectivity index (χ1n) is 12.4. The van der Waals surface area contributed by atoms with E-state index in [0.29, 0.717) is 22.9 Å². The Morgan fingerprint density at radius 2 is 1.26 bits per heavy atom. The second kappa shape index (κ2) is 9.79. The molecule has 0 spiro atoms. The van der Waals surface area contributed by atoms with E-state index < -0.39 is 10.5 Å². The van der Waals surface area contributed by atoms with Gasteiger partial charge in [0.05, 0.1) is 16.0 Å². The van der Waals surface area contributed by atoms with E-state index in [1.54, 1.807) is 18.5 Å². The number of nitro benzene ring substituents is 1. The minimum Gasteiger partial charge on any atom is -0.298 e. The molecule has 0 aliphatic heterocycles. The van der Waals surface area contributed by atoms with E-state index in [9.17, 15) is 14.9 Å². The summed E-state index contributed by atoms with van der Waals surface area (Å²) in [6.45, 7) is 0. The molecule has 188 valence electrons. The number of aromatic nitrogens is 3. The normalized spacial score (nSPS) is 11.4. The fraction of sp³-hybridized carbons (Fsp3) is 0.0312. The Morgan fingerprint density at radius 3 is 1.72 bits per heavy atom. The highest BCUT2D eigenvalue weighted by Gasteiger charge is 2.41. The second-order valence-corrected chi connectivity index (χ2v) is 9.11. The number of hydrogen-bond donors (Lipinski definition) is 0. The van der Waals surface area contributed by atoms with Crippen LogP contribution in [-0.4, -0.2) is 26.0 Å². The summed E-state index contributed by atoms with van der Waals surface area (Å²) in [5.74, 6) is 0. The zero-order chi connectivity index (χ0) is 26.8. The molecule has 2 heterocycles. The average molecular weight is 511 g/mol. The van der Waals surface area contributed by atoms with Gasteiger partial charge >= 0.3 is 0 Å². The van der Waals surface area contributed by atoms with Crippen molar-refractivity contribution in [2.45, 2.75) is 5.54 Å². The summed E-state index contributed by atoms with van der Waals surface area (Å²) >= 11 is 0. The van der Waals surface area contributed by atoms with Crippen LogP contribution in [0.3, 0.4) is 0 Å². The maximum atomic E-state index is 12.1. The molecule has 0 bridgehead atoms. The monoisotopic (exact) mass is 510 g/mol. The third-order valence-corrected chi connectivity index (χ3v) is 7.00. The van der Waals surface area contributed by atoms with E-state index in [1.807, 2.05) is 108 Å². The van der Waals surface area contributed by atoms with Gasteiger partial charge in [0.15, 0.2) is 6.29 Å². The molecule has 0 N–H and O–H groups in total.